The Bertz CT molecular complexity index is 447. The Balaban J connectivity index is 2.30. The van der Waals surface area contributed by atoms with Crippen molar-refractivity contribution >= 4 is 28.6 Å². The van der Waals surface area contributed by atoms with Gasteiger partial charge in [-0.15, -0.1) is 0 Å². The lowest BCUT2D eigenvalue weighted by Gasteiger charge is -2.18. The number of benzene rings is 1. The molecule has 4 nitrogen and oxygen atoms in total. The summed E-state index contributed by atoms with van der Waals surface area (Å²) in [6.07, 6.45) is -0.401. The number of hydrogen-bond acceptors (Lipinski definition) is 4. The summed E-state index contributed by atoms with van der Waals surface area (Å²) in [6, 6.07) is 5.59. The van der Waals surface area contributed by atoms with E-state index in [1.807, 2.05) is 18.2 Å². The van der Waals surface area contributed by atoms with Gasteiger partial charge in [0.25, 0.3) is 0 Å². The molecular formula is C13H15IO4. The van der Waals surface area contributed by atoms with Crippen molar-refractivity contribution in [3.63, 3.8) is 0 Å². The molecule has 5 heteroatoms. The second kappa shape index (κ2) is 5.88. The van der Waals surface area contributed by atoms with Crippen LogP contribution in [0.1, 0.15) is 25.0 Å². The number of carbonyl (C=O) groups is 1. The lowest BCUT2D eigenvalue weighted by atomic mass is 9.93. The lowest BCUT2D eigenvalue weighted by molar-refractivity contribution is -0.152. The minimum absolute atomic E-state index is 0.322. The first kappa shape index (κ1) is 13.6. The Kier molecular flexibility index (Phi) is 4.45. The second-order valence-corrected chi connectivity index (χ2v) is 5.37. The first-order valence-corrected chi connectivity index (χ1v) is 6.98. The fourth-order valence-electron chi connectivity index (χ4n) is 2.05. The Morgan fingerprint density at radius 2 is 2.39 bits per heavy atom. The van der Waals surface area contributed by atoms with Crippen molar-refractivity contribution in [3.8, 4) is 5.75 Å². The van der Waals surface area contributed by atoms with Gasteiger partial charge in [0.05, 0.1) is 25.2 Å². The first-order chi connectivity index (χ1) is 8.63. The topological polar surface area (TPSA) is 55.8 Å². The number of aliphatic hydroxyl groups is 1. The van der Waals surface area contributed by atoms with Crippen molar-refractivity contribution in [2.75, 3.05) is 13.2 Å². The molecule has 0 fully saturated rings. The highest BCUT2D eigenvalue weighted by Crippen LogP contribution is 2.36. The highest BCUT2D eigenvalue weighted by Gasteiger charge is 2.33. The summed E-state index contributed by atoms with van der Waals surface area (Å²) in [5, 5.41) is 10.3. The third-order valence-electron chi connectivity index (χ3n) is 2.95. The van der Waals surface area contributed by atoms with Gasteiger partial charge in [0.15, 0.2) is 0 Å². The SMILES string of the molecule is CCOC(=O)C1CCOc2ccc(I)cc2C1O. The number of esters is 1. The number of carbonyl (C=O) groups excluding carboxylic acids is 1. The van der Waals surface area contributed by atoms with Crippen LogP contribution in [0, 0.1) is 9.49 Å². The fraction of sp³-hybridized carbons (Fsp3) is 0.462. The van der Waals surface area contributed by atoms with Crippen LogP contribution in [0.3, 0.4) is 0 Å². The van der Waals surface area contributed by atoms with Gasteiger partial charge in [-0.3, -0.25) is 4.79 Å². The summed E-state index contributed by atoms with van der Waals surface area (Å²) in [6.45, 7) is 2.49. The van der Waals surface area contributed by atoms with Crippen LogP contribution in [-0.2, 0) is 9.53 Å². The fourth-order valence-corrected chi connectivity index (χ4v) is 2.56. The molecule has 1 N–H and O–H groups in total. The monoisotopic (exact) mass is 362 g/mol. The normalized spacial score (nSPS) is 22.6. The molecule has 0 spiro atoms. The van der Waals surface area contributed by atoms with Crippen molar-refractivity contribution < 1.29 is 19.4 Å². The van der Waals surface area contributed by atoms with Crippen LogP contribution in [0.5, 0.6) is 5.75 Å². The summed E-state index contributed by atoms with van der Waals surface area (Å²) in [5.41, 5.74) is 0.664. The molecular weight excluding hydrogens is 347 g/mol. The third-order valence-corrected chi connectivity index (χ3v) is 3.62. The molecule has 1 heterocycles. The predicted octanol–water partition coefficient (Wildman–Crippen LogP) is 2.29. The van der Waals surface area contributed by atoms with Crippen LogP contribution < -0.4 is 4.74 Å². The molecule has 0 amide bonds. The summed E-state index contributed by atoms with van der Waals surface area (Å²) < 4.78 is 11.6. The Labute approximate surface area is 119 Å². The van der Waals surface area contributed by atoms with E-state index in [0.29, 0.717) is 30.9 Å². The molecule has 2 rings (SSSR count). The molecule has 98 valence electrons. The highest BCUT2D eigenvalue weighted by molar-refractivity contribution is 14.1. The summed E-state index contributed by atoms with van der Waals surface area (Å²) in [5.74, 6) is -0.264. The first-order valence-electron chi connectivity index (χ1n) is 5.90. The molecule has 18 heavy (non-hydrogen) atoms. The molecule has 2 unspecified atom stereocenters. The molecule has 0 aromatic heterocycles. The lowest BCUT2D eigenvalue weighted by Crippen LogP contribution is -2.24. The maximum absolute atomic E-state index is 11.8. The molecule has 0 saturated heterocycles. The Morgan fingerprint density at radius 1 is 1.61 bits per heavy atom. The number of hydrogen-bond donors (Lipinski definition) is 1. The van der Waals surface area contributed by atoms with E-state index in [1.165, 1.54) is 0 Å². The van der Waals surface area contributed by atoms with E-state index >= 15 is 0 Å². The smallest absolute Gasteiger partial charge is 0.312 e. The van der Waals surface area contributed by atoms with Gasteiger partial charge in [-0.2, -0.15) is 0 Å². The van der Waals surface area contributed by atoms with E-state index in [-0.39, 0.29) is 5.97 Å². The summed E-state index contributed by atoms with van der Waals surface area (Å²) in [7, 11) is 0. The van der Waals surface area contributed by atoms with Crippen molar-refractivity contribution in [1.82, 2.24) is 0 Å². The summed E-state index contributed by atoms with van der Waals surface area (Å²) in [4.78, 5) is 11.8. The molecule has 0 saturated carbocycles. The quantitative estimate of drug-likeness (QED) is 0.648. The van der Waals surface area contributed by atoms with E-state index in [0.717, 1.165) is 3.57 Å². The van der Waals surface area contributed by atoms with Crippen LogP contribution in [-0.4, -0.2) is 24.3 Å². The van der Waals surface area contributed by atoms with Gasteiger partial charge in [0.2, 0.25) is 0 Å². The number of rotatable bonds is 2. The number of halogens is 1. The van der Waals surface area contributed by atoms with E-state index in [1.54, 1.807) is 6.92 Å². The van der Waals surface area contributed by atoms with E-state index < -0.39 is 12.0 Å². The zero-order valence-electron chi connectivity index (χ0n) is 10.1. The average Bonchev–Trinajstić information content (AvgIpc) is 2.50. The number of ether oxygens (including phenoxy) is 2. The van der Waals surface area contributed by atoms with Gasteiger partial charge < -0.3 is 14.6 Å². The van der Waals surface area contributed by atoms with Crippen molar-refractivity contribution in [3.05, 3.63) is 27.3 Å². The molecule has 1 aromatic rings. The van der Waals surface area contributed by atoms with Gasteiger partial charge in [-0.05, 0) is 54.1 Å². The molecule has 1 aromatic carbocycles. The van der Waals surface area contributed by atoms with E-state index in [4.69, 9.17) is 9.47 Å². The number of aliphatic hydroxyl groups excluding tert-OH is 1. The highest BCUT2D eigenvalue weighted by atomic mass is 127. The van der Waals surface area contributed by atoms with E-state index in [9.17, 15) is 9.90 Å². The zero-order chi connectivity index (χ0) is 13.1. The minimum atomic E-state index is -0.865. The molecule has 1 aliphatic heterocycles. The predicted molar refractivity (Wildman–Crippen MR) is 74.4 cm³/mol. The minimum Gasteiger partial charge on any atom is -0.493 e. The standard InChI is InChI=1S/C13H15IO4/c1-2-17-13(16)9-5-6-18-11-4-3-8(14)7-10(11)12(9)15/h3-4,7,9,12,15H,2,5-6H2,1H3. The van der Waals surface area contributed by atoms with Crippen LogP contribution in [0.4, 0.5) is 0 Å². The van der Waals surface area contributed by atoms with E-state index in [2.05, 4.69) is 22.6 Å². The molecule has 0 radical (unpaired) electrons. The summed E-state index contributed by atoms with van der Waals surface area (Å²) >= 11 is 2.17. The van der Waals surface area contributed by atoms with Crippen molar-refractivity contribution in [2.45, 2.75) is 19.4 Å². The van der Waals surface area contributed by atoms with Crippen molar-refractivity contribution in [1.29, 1.82) is 0 Å². The van der Waals surface area contributed by atoms with Crippen LogP contribution in [0.25, 0.3) is 0 Å². The molecule has 2 atom stereocenters. The molecule has 0 bridgehead atoms. The Hall–Kier alpha value is -0.820. The van der Waals surface area contributed by atoms with Gasteiger partial charge >= 0.3 is 5.97 Å². The van der Waals surface area contributed by atoms with Gasteiger partial charge in [0, 0.05) is 9.13 Å². The van der Waals surface area contributed by atoms with Gasteiger partial charge in [-0.1, -0.05) is 0 Å². The largest absolute Gasteiger partial charge is 0.493 e. The second-order valence-electron chi connectivity index (χ2n) is 4.12. The van der Waals surface area contributed by atoms with Crippen LogP contribution in [0.15, 0.2) is 18.2 Å². The maximum atomic E-state index is 11.8. The van der Waals surface area contributed by atoms with Crippen LogP contribution in [0.2, 0.25) is 0 Å². The maximum Gasteiger partial charge on any atom is 0.312 e. The third kappa shape index (κ3) is 2.77. The average molecular weight is 362 g/mol. The van der Waals surface area contributed by atoms with Crippen LogP contribution >= 0.6 is 22.6 Å². The zero-order valence-corrected chi connectivity index (χ0v) is 12.2. The molecule has 1 aliphatic rings. The van der Waals surface area contributed by atoms with Gasteiger partial charge in [-0.25, -0.2) is 0 Å². The Morgan fingerprint density at radius 3 is 3.11 bits per heavy atom. The number of fused-ring (bicyclic) bond motifs is 1. The van der Waals surface area contributed by atoms with Crippen molar-refractivity contribution in [2.24, 2.45) is 5.92 Å². The molecule has 0 aliphatic carbocycles. The van der Waals surface area contributed by atoms with Gasteiger partial charge in [0.1, 0.15) is 5.75 Å².